The monoisotopic (exact) mass is 210 g/mol. The normalized spacial score (nSPS) is 60.3. The van der Waals surface area contributed by atoms with Crippen LogP contribution in [-0.2, 0) is 0 Å². The molecule has 1 heteroatoms. The summed E-state index contributed by atoms with van der Waals surface area (Å²) in [5, 5.41) is 0. The van der Waals surface area contributed by atoms with E-state index in [2.05, 4.69) is 16.9 Å². The Morgan fingerprint density at radius 2 is 1.18 bits per heavy atom. The minimum absolute atomic E-state index is 0.738. The third kappa shape index (κ3) is 1.02. The first-order valence-electron chi connectivity index (χ1n) is 4.96. The van der Waals surface area contributed by atoms with Crippen molar-refractivity contribution in [1.82, 2.24) is 0 Å². The third-order valence-corrected chi connectivity index (χ3v) is 5.16. The average Bonchev–Trinajstić information content (AvgIpc) is 1.79. The van der Waals surface area contributed by atoms with Crippen molar-refractivity contribution < 1.29 is 0 Å². The molecule has 4 aliphatic rings. The van der Waals surface area contributed by atoms with Crippen molar-refractivity contribution in [2.24, 2.45) is 17.8 Å². The van der Waals surface area contributed by atoms with Gasteiger partial charge in [0, 0.05) is 0 Å². The zero-order valence-corrected chi connectivity index (χ0v) is 8.80. The van der Waals surface area contributed by atoms with Gasteiger partial charge in [0.1, 0.15) is 0 Å². The Hall–Kier alpha value is 0.558. The molecule has 4 aliphatic carbocycles. The van der Waals surface area contributed by atoms with E-state index >= 15 is 0 Å². The van der Waals surface area contributed by atoms with Crippen LogP contribution in [0.15, 0.2) is 0 Å². The van der Waals surface area contributed by atoms with E-state index in [4.69, 9.17) is 0 Å². The molecular formula is C10H15As. The van der Waals surface area contributed by atoms with Crippen LogP contribution in [0.4, 0.5) is 0 Å². The summed E-state index contributed by atoms with van der Waals surface area (Å²) in [6.07, 6.45) is 9.36. The molecule has 4 bridgehead atoms. The SMILES string of the molecule is [As]C12CC3CC(CC(C3)C1)C2. The standard InChI is InChI=1S/C10H15As/c11-10-4-7-1-8(5-10)3-9(2-7)6-10/h7-9H,1-6H2. The second-order valence-corrected chi connectivity index (χ2v) is 7.13. The van der Waals surface area contributed by atoms with Gasteiger partial charge in [-0.3, -0.25) is 0 Å². The van der Waals surface area contributed by atoms with Gasteiger partial charge in [-0.15, -0.1) is 0 Å². The maximum atomic E-state index is 3.01. The van der Waals surface area contributed by atoms with Gasteiger partial charge in [0.15, 0.2) is 0 Å². The predicted octanol–water partition coefficient (Wildman–Crippen LogP) is 2.54. The summed E-state index contributed by atoms with van der Waals surface area (Å²) >= 11 is 3.01. The van der Waals surface area contributed by atoms with Gasteiger partial charge in [0.05, 0.1) is 0 Å². The fraction of sp³-hybridized carbons (Fsp3) is 1.00. The summed E-state index contributed by atoms with van der Waals surface area (Å²) in [6, 6.07) is 0. The minimum atomic E-state index is 0.738. The Bertz CT molecular complexity index is 150. The fourth-order valence-electron chi connectivity index (χ4n) is 4.06. The molecule has 60 valence electrons. The molecule has 4 rings (SSSR count). The molecule has 0 amide bonds. The molecule has 0 saturated heterocycles. The Balaban J connectivity index is 1.94. The topological polar surface area (TPSA) is 0 Å². The van der Waals surface area contributed by atoms with E-state index in [9.17, 15) is 0 Å². The molecule has 0 spiro atoms. The van der Waals surface area contributed by atoms with Crippen LogP contribution >= 0.6 is 0 Å². The van der Waals surface area contributed by atoms with E-state index in [1.807, 2.05) is 0 Å². The van der Waals surface area contributed by atoms with Crippen molar-refractivity contribution in [1.29, 1.82) is 0 Å². The maximum absolute atomic E-state index is 3.01. The molecule has 0 N–H and O–H groups in total. The fourth-order valence-corrected chi connectivity index (χ4v) is 5.69. The first kappa shape index (κ1) is 7.01. The molecular weight excluding hydrogens is 195 g/mol. The number of hydrogen-bond donors (Lipinski definition) is 0. The van der Waals surface area contributed by atoms with Gasteiger partial charge in [-0.05, 0) is 0 Å². The quantitative estimate of drug-likeness (QED) is 0.539. The van der Waals surface area contributed by atoms with Crippen molar-refractivity contribution in [2.45, 2.75) is 42.7 Å². The Morgan fingerprint density at radius 1 is 0.818 bits per heavy atom. The molecule has 0 aromatic carbocycles. The summed E-state index contributed by atoms with van der Waals surface area (Å²) < 4.78 is 0.738. The van der Waals surface area contributed by atoms with Crippen molar-refractivity contribution >= 4 is 16.9 Å². The van der Waals surface area contributed by atoms with E-state index < -0.39 is 0 Å². The first-order valence-corrected chi connectivity index (χ1v) is 5.90. The summed E-state index contributed by atoms with van der Waals surface area (Å²) in [5.74, 6) is 3.39. The number of rotatable bonds is 0. The summed E-state index contributed by atoms with van der Waals surface area (Å²) in [7, 11) is 0. The molecule has 0 aromatic heterocycles. The molecule has 4 fully saturated rings. The predicted molar refractivity (Wildman–Crippen MR) is 46.6 cm³/mol. The van der Waals surface area contributed by atoms with E-state index in [-0.39, 0.29) is 0 Å². The van der Waals surface area contributed by atoms with Crippen LogP contribution in [-0.4, -0.2) is 16.9 Å². The zero-order chi connectivity index (χ0) is 7.47. The summed E-state index contributed by atoms with van der Waals surface area (Å²) in [6.45, 7) is 0. The summed E-state index contributed by atoms with van der Waals surface area (Å²) in [4.78, 5) is 0. The molecule has 0 nitrogen and oxygen atoms in total. The molecule has 0 unspecified atom stereocenters. The van der Waals surface area contributed by atoms with Crippen molar-refractivity contribution in [3.63, 3.8) is 0 Å². The molecule has 11 heavy (non-hydrogen) atoms. The van der Waals surface area contributed by atoms with E-state index in [0.717, 1.165) is 22.0 Å². The molecule has 0 aliphatic heterocycles. The Morgan fingerprint density at radius 3 is 1.45 bits per heavy atom. The van der Waals surface area contributed by atoms with Crippen LogP contribution in [0.2, 0.25) is 4.20 Å². The van der Waals surface area contributed by atoms with Crippen LogP contribution in [0.25, 0.3) is 0 Å². The second kappa shape index (κ2) is 2.08. The van der Waals surface area contributed by atoms with Gasteiger partial charge in [-0.25, -0.2) is 0 Å². The Labute approximate surface area is 77.6 Å². The van der Waals surface area contributed by atoms with Crippen LogP contribution < -0.4 is 0 Å². The van der Waals surface area contributed by atoms with Gasteiger partial charge in [0.2, 0.25) is 0 Å². The Kier molecular flexibility index (Phi) is 1.32. The summed E-state index contributed by atoms with van der Waals surface area (Å²) in [5.41, 5.74) is 0. The van der Waals surface area contributed by atoms with Gasteiger partial charge in [0.25, 0.3) is 0 Å². The molecule has 0 aromatic rings. The number of hydrogen-bond acceptors (Lipinski definition) is 0. The molecule has 4 saturated carbocycles. The molecule has 2 radical (unpaired) electrons. The van der Waals surface area contributed by atoms with Gasteiger partial charge < -0.3 is 0 Å². The van der Waals surface area contributed by atoms with Crippen molar-refractivity contribution in [2.75, 3.05) is 0 Å². The third-order valence-electron chi connectivity index (χ3n) is 4.01. The second-order valence-electron chi connectivity index (χ2n) is 5.14. The van der Waals surface area contributed by atoms with Crippen LogP contribution in [0, 0.1) is 17.8 Å². The zero-order valence-electron chi connectivity index (χ0n) is 6.92. The van der Waals surface area contributed by atoms with Gasteiger partial charge in [-0.1, -0.05) is 0 Å². The van der Waals surface area contributed by atoms with Crippen LogP contribution in [0.3, 0.4) is 0 Å². The van der Waals surface area contributed by atoms with Gasteiger partial charge >= 0.3 is 77.3 Å². The molecule has 0 atom stereocenters. The first-order chi connectivity index (χ1) is 5.23. The van der Waals surface area contributed by atoms with E-state index in [1.165, 1.54) is 0 Å². The van der Waals surface area contributed by atoms with Crippen LogP contribution in [0.5, 0.6) is 0 Å². The van der Waals surface area contributed by atoms with E-state index in [1.54, 1.807) is 38.5 Å². The van der Waals surface area contributed by atoms with Crippen molar-refractivity contribution in [3.05, 3.63) is 0 Å². The van der Waals surface area contributed by atoms with E-state index in [0.29, 0.717) is 0 Å². The van der Waals surface area contributed by atoms with Gasteiger partial charge in [-0.2, -0.15) is 0 Å². The van der Waals surface area contributed by atoms with Crippen molar-refractivity contribution in [3.8, 4) is 0 Å². The average molecular weight is 210 g/mol. The van der Waals surface area contributed by atoms with Crippen LogP contribution in [0.1, 0.15) is 38.5 Å². The molecule has 0 heterocycles.